The Labute approximate surface area is 242 Å². The van der Waals surface area contributed by atoms with Crippen molar-refractivity contribution in [2.75, 3.05) is 0 Å². The van der Waals surface area contributed by atoms with Gasteiger partial charge in [0.2, 0.25) is 0 Å². The quantitative estimate of drug-likeness (QED) is 0.122. The summed E-state index contributed by atoms with van der Waals surface area (Å²) in [4.78, 5) is 21.8. The number of hydrazone groups is 1. The Balaban J connectivity index is 0.00000105. The number of hydrogen-bond acceptors (Lipinski definition) is 7. The first-order valence-corrected chi connectivity index (χ1v) is 11.8. The van der Waals surface area contributed by atoms with Gasteiger partial charge in [0.15, 0.2) is 0 Å². The van der Waals surface area contributed by atoms with Crippen LogP contribution in [0, 0.1) is 0 Å². The predicted molar refractivity (Wildman–Crippen MR) is 146 cm³/mol. The molecule has 1 radical (unpaired) electrons. The number of ether oxygens (including phenoxy) is 2. The van der Waals surface area contributed by atoms with E-state index in [9.17, 15) is 15.0 Å². The van der Waals surface area contributed by atoms with E-state index < -0.39 is 11.9 Å². The number of carbonyl (C=O) groups is 2. The molecule has 1 amide bonds. The first-order chi connectivity index (χ1) is 18.8. The second-order valence-electron chi connectivity index (χ2n) is 8.20. The third-order valence-electron chi connectivity index (χ3n) is 5.02. The summed E-state index contributed by atoms with van der Waals surface area (Å²) in [6.07, 6.45) is 1.29. The van der Waals surface area contributed by atoms with Gasteiger partial charge in [0, 0.05) is 47.3 Å². The smallest absolute Gasteiger partial charge is 0.300 e. The molecule has 0 spiro atoms. The number of hydrogen-bond donors (Lipinski definition) is 4. The molecule has 9 nitrogen and oxygen atoms in total. The molecule has 0 aromatic heterocycles. The number of carbonyl (C=O) groups excluding carboxylic acids is 1. The van der Waals surface area contributed by atoms with E-state index in [2.05, 4.69) is 10.5 Å². The maximum Gasteiger partial charge on any atom is 0.300 e. The van der Waals surface area contributed by atoms with Crippen LogP contribution in [0.5, 0.6) is 23.0 Å². The van der Waals surface area contributed by atoms with E-state index in [4.69, 9.17) is 19.4 Å². The van der Waals surface area contributed by atoms with Crippen LogP contribution in [-0.4, -0.2) is 33.4 Å². The molecule has 0 saturated heterocycles. The summed E-state index contributed by atoms with van der Waals surface area (Å²) in [5.41, 5.74) is 5.06. The van der Waals surface area contributed by atoms with Crippen molar-refractivity contribution in [1.82, 2.24) is 5.43 Å². The number of amides is 1. The minimum Gasteiger partial charge on any atom is -0.508 e. The molecule has 0 atom stereocenters. The second-order valence-corrected chi connectivity index (χ2v) is 8.20. The van der Waals surface area contributed by atoms with Crippen LogP contribution in [0.2, 0.25) is 0 Å². The van der Waals surface area contributed by atoms with Gasteiger partial charge in [0.1, 0.15) is 36.2 Å². The topological polar surface area (TPSA) is 138 Å². The van der Waals surface area contributed by atoms with Crippen molar-refractivity contribution in [2.24, 2.45) is 5.10 Å². The summed E-state index contributed by atoms with van der Waals surface area (Å²) in [7, 11) is 0. The Morgan fingerprint density at radius 1 is 0.800 bits per heavy atom. The normalized spacial score (nSPS) is 10.0. The Morgan fingerprint density at radius 2 is 1.30 bits per heavy atom. The molecule has 0 heterocycles. The molecule has 0 fully saturated rings. The van der Waals surface area contributed by atoms with Gasteiger partial charge in [0.05, 0.1) is 6.21 Å². The summed E-state index contributed by atoms with van der Waals surface area (Å²) in [5, 5.41) is 30.6. The van der Waals surface area contributed by atoms with Gasteiger partial charge in [-0.2, -0.15) is 5.10 Å². The van der Waals surface area contributed by atoms with Gasteiger partial charge < -0.3 is 24.8 Å². The van der Waals surface area contributed by atoms with Gasteiger partial charge in [-0.25, -0.2) is 5.43 Å². The average Bonchev–Trinajstić information content (AvgIpc) is 2.92. The molecule has 0 saturated carbocycles. The second kappa shape index (κ2) is 16.2. The van der Waals surface area contributed by atoms with E-state index in [1.165, 1.54) is 24.4 Å². The van der Waals surface area contributed by atoms with Crippen LogP contribution in [0.4, 0.5) is 0 Å². The molecule has 4 aromatic carbocycles. The number of rotatable bonds is 9. The summed E-state index contributed by atoms with van der Waals surface area (Å²) in [6.45, 7) is 1.75. The molecule has 0 aliphatic heterocycles. The fourth-order valence-corrected chi connectivity index (χ4v) is 3.22. The molecular weight excluding hydrogens is 555 g/mol. The zero-order chi connectivity index (χ0) is 28.0. The molecule has 4 rings (SSSR count). The number of phenolic OH excluding ortho intramolecular Hbond substituents is 2. The Bertz CT molecular complexity index is 1350. The maximum atomic E-state index is 12.8. The number of nitrogens with zero attached hydrogens (tertiary/aromatic N) is 1. The third-order valence-corrected chi connectivity index (χ3v) is 5.02. The number of aliphatic carboxylic acids is 1. The van der Waals surface area contributed by atoms with E-state index in [0.717, 1.165) is 18.1 Å². The Kier molecular flexibility index (Phi) is 12.8. The summed E-state index contributed by atoms with van der Waals surface area (Å²) < 4.78 is 11.8. The van der Waals surface area contributed by atoms with Gasteiger partial charge in [-0.1, -0.05) is 60.7 Å². The fraction of sp³-hybridized carbons (Fsp3) is 0.100. The van der Waals surface area contributed by atoms with Gasteiger partial charge in [0.25, 0.3) is 11.9 Å². The van der Waals surface area contributed by atoms with Crippen molar-refractivity contribution in [3.05, 3.63) is 119 Å². The number of carboxylic acid groups (broad SMARTS) is 1. The monoisotopic (exact) mass is 583 g/mol. The largest absolute Gasteiger partial charge is 0.508 e. The number of aromatic hydroxyl groups is 2. The first-order valence-electron chi connectivity index (χ1n) is 11.8. The molecule has 207 valence electrons. The van der Waals surface area contributed by atoms with Crippen LogP contribution >= 0.6 is 0 Å². The number of phenols is 2. The third kappa shape index (κ3) is 10.9. The molecule has 0 aliphatic rings. The molecule has 4 aromatic rings. The Hall–Kier alpha value is -4.79. The van der Waals surface area contributed by atoms with Crippen molar-refractivity contribution in [2.45, 2.75) is 20.1 Å². The van der Waals surface area contributed by atoms with Crippen LogP contribution in [0.15, 0.2) is 102 Å². The minimum absolute atomic E-state index is 0. The fourth-order valence-electron chi connectivity index (χ4n) is 3.22. The number of benzene rings is 4. The minimum atomic E-state index is -0.833. The maximum absolute atomic E-state index is 12.8. The van der Waals surface area contributed by atoms with Crippen molar-refractivity contribution in [3.8, 4) is 23.0 Å². The average molecular weight is 583 g/mol. The SMILES string of the molecule is CC(=O)O.O=C(N/N=C/c1ccc(O)cc1O)c1cc(OCc2ccccc2)cc(OCc2ccccc2)c1.[Mn]. The first kappa shape index (κ1) is 31.4. The van der Waals surface area contributed by atoms with Crippen molar-refractivity contribution in [3.63, 3.8) is 0 Å². The van der Waals surface area contributed by atoms with Crippen LogP contribution < -0.4 is 14.9 Å². The van der Waals surface area contributed by atoms with Gasteiger partial charge >= 0.3 is 0 Å². The van der Waals surface area contributed by atoms with E-state index >= 15 is 0 Å². The molecule has 40 heavy (non-hydrogen) atoms. The van der Waals surface area contributed by atoms with E-state index in [0.29, 0.717) is 35.8 Å². The van der Waals surface area contributed by atoms with Crippen LogP contribution in [-0.2, 0) is 35.1 Å². The van der Waals surface area contributed by atoms with Crippen molar-refractivity contribution < 1.29 is 51.5 Å². The van der Waals surface area contributed by atoms with Crippen LogP contribution in [0.25, 0.3) is 0 Å². The van der Waals surface area contributed by atoms with Crippen LogP contribution in [0.3, 0.4) is 0 Å². The zero-order valence-corrected chi connectivity index (χ0v) is 22.7. The van der Waals surface area contributed by atoms with E-state index in [1.54, 1.807) is 18.2 Å². The van der Waals surface area contributed by atoms with Crippen molar-refractivity contribution >= 4 is 18.1 Å². The van der Waals surface area contributed by atoms with E-state index in [-0.39, 0.29) is 28.6 Å². The summed E-state index contributed by atoms with van der Waals surface area (Å²) >= 11 is 0. The van der Waals surface area contributed by atoms with Gasteiger partial charge in [-0.05, 0) is 35.4 Å². The number of nitrogens with one attached hydrogen (secondary N) is 1. The Morgan fingerprint density at radius 3 is 1.77 bits per heavy atom. The zero-order valence-electron chi connectivity index (χ0n) is 21.5. The molecular formula is C30H28MnN2O7. The molecule has 0 aliphatic carbocycles. The van der Waals surface area contributed by atoms with Gasteiger partial charge in [-0.3, -0.25) is 9.59 Å². The molecule has 0 unspecified atom stereocenters. The predicted octanol–water partition coefficient (Wildman–Crippen LogP) is 5.11. The van der Waals surface area contributed by atoms with Crippen molar-refractivity contribution in [1.29, 1.82) is 0 Å². The molecule has 0 bridgehead atoms. The standard InChI is InChI=1S/C28H24N2O5.C2H4O2.Mn/c31-24-12-11-22(27(32)15-24)17-29-30-28(33)23-13-25(34-18-20-7-3-1-4-8-20)16-26(14-23)35-19-21-9-5-2-6-10-21;1-2(3)4;/h1-17,31-32H,18-19H2,(H,30,33);1H3,(H,3,4);/b29-17+;;. The summed E-state index contributed by atoms with van der Waals surface area (Å²) in [6, 6.07) is 28.5. The van der Waals surface area contributed by atoms with Gasteiger partial charge in [-0.15, -0.1) is 0 Å². The van der Waals surface area contributed by atoms with E-state index in [1.807, 2.05) is 60.7 Å². The molecule has 10 heteroatoms. The summed E-state index contributed by atoms with van der Waals surface area (Å²) in [5.74, 6) is -0.585. The molecule has 4 N–H and O–H groups in total. The number of carboxylic acids is 1. The van der Waals surface area contributed by atoms with Crippen LogP contribution in [0.1, 0.15) is 34.0 Å².